The van der Waals surface area contributed by atoms with Gasteiger partial charge in [-0.3, -0.25) is 14.5 Å². The number of piperazine rings is 1. The number of amides is 2. The third-order valence-electron chi connectivity index (χ3n) is 7.25. The number of fused-ring (bicyclic) bond motifs is 3. The first kappa shape index (κ1) is 19.3. The fourth-order valence-electron chi connectivity index (χ4n) is 5.69. The highest BCUT2D eigenvalue weighted by molar-refractivity contribution is 6.01. The normalized spacial score (nSPS) is 31.6. The molecule has 3 saturated heterocycles. The lowest BCUT2D eigenvalue weighted by molar-refractivity contribution is -0.135. The summed E-state index contributed by atoms with van der Waals surface area (Å²) in [5, 5.41) is 23.4. The number of hydrogen-bond donors (Lipinski definition) is 2. The minimum atomic E-state index is -0.729. The van der Waals surface area contributed by atoms with E-state index >= 15 is 0 Å². The Hall–Kier alpha value is -3.36. The molecule has 11 nitrogen and oxygen atoms in total. The maximum Gasteiger partial charge on any atom is 0.244 e. The van der Waals surface area contributed by atoms with Crippen LogP contribution in [0.3, 0.4) is 0 Å². The predicted octanol–water partition coefficient (Wildman–Crippen LogP) is -0.504. The van der Waals surface area contributed by atoms with Gasteiger partial charge in [0.25, 0.3) is 0 Å². The van der Waals surface area contributed by atoms with Gasteiger partial charge in [-0.05, 0) is 42.5 Å². The van der Waals surface area contributed by atoms with Gasteiger partial charge in [-0.1, -0.05) is 12.1 Å². The Balaban J connectivity index is 1.14. The average molecular weight is 433 g/mol. The summed E-state index contributed by atoms with van der Waals surface area (Å²) in [6.07, 6.45) is 2.44. The SMILES string of the molecule is N#C[C@@H]1CC2C[C@@H]2N1C(=O)[C@@H](N)CN1C[C@H]2C[C@@H]1C(=O)N2c1cccc(-c2nn[nH]n2)c1. The summed E-state index contributed by atoms with van der Waals surface area (Å²) in [6, 6.07) is 8.61. The Morgan fingerprint density at radius 3 is 2.97 bits per heavy atom. The predicted molar refractivity (Wildman–Crippen MR) is 112 cm³/mol. The monoisotopic (exact) mass is 433 g/mol. The first-order valence-corrected chi connectivity index (χ1v) is 10.9. The quantitative estimate of drug-likeness (QED) is 0.641. The first-order valence-electron chi connectivity index (χ1n) is 10.9. The molecule has 6 atom stereocenters. The summed E-state index contributed by atoms with van der Waals surface area (Å²) in [7, 11) is 0. The second-order valence-electron chi connectivity index (χ2n) is 9.15. The zero-order valence-corrected chi connectivity index (χ0v) is 17.3. The standard InChI is InChI=1S/C21H23N9O2/c22-8-14-5-12-6-17(12)30(14)20(31)16(23)10-28-9-15-7-18(28)21(32)29(15)13-3-1-2-11(4-13)19-24-26-27-25-19/h1-4,12,14-18H,5-7,9-10,23H2,(H,24,25,26,27)/t12?,14-,15+,16-,17-,18+/m0/s1. The largest absolute Gasteiger partial charge is 0.322 e. The molecule has 1 saturated carbocycles. The van der Waals surface area contributed by atoms with Crippen molar-refractivity contribution < 1.29 is 9.59 Å². The van der Waals surface area contributed by atoms with E-state index in [1.165, 1.54) is 0 Å². The van der Waals surface area contributed by atoms with E-state index in [0.29, 0.717) is 31.3 Å². The maximum absolute atomic E-state index is 13.2. The van der Waals surface area contributed by atoms with Crippen molar-refractivity contribution >= 4 is 17.5 Å². The summed E-state index contributed by atoms with van der Waals surface area (Å²) < 4.78 is 0. The molecular weight excluding hydrogens is 410 g/mol. The maximum atomic E-state index is 13.2. The molecule has 2 amide bonds. The number of aromatic nitrogens is 4. The van der Waals surface area contributed by atoms with Crippen molar-refractivity contribution in [2.24, 2.45) is 11.7 Å². The van der Waals surface area contributed by atoms with Gasteiger partial charge in [-0.15, -0.1) is 10.2 Å². The highest BCUT2D eigenvalue weighted by Crippen LogP contribution is 2.47. The Morgan fingerprint density at radius 1 is 1.34 bits per heavy atom. The summed E-state index contributed by atoms with van der Waals surface area (Å²) in [5.41, 5.74) is 7.87. The van der Waals surface area contributed by atoms with Crippen LogP contribution in [0.2, 0.25) is 0 Å². The van der Waals surface area contributed by atoms with E-state index in [1.54, 1.807) is 4.90 Å². The van der Waals surface area contributed by atoms with Crippen molar-refractivity contribution in [3.8, 4) is 17.5 Å². The molecule has 4 fully saturated rings. The molecule has 4 heterocycles. The van der Waals surface area contributed by atoms with Crippen molar-refractivity contribution in [1.29, 1.82) is 5.26 Å². The lowest BCUT2D eigenvalue weighted by Crippen LogP contribution is -2.57. The molecule has 32 heavy (non-hydrogen) atoms. The molecule has 3 N–H and O–H groups in total. The first-order chi connectivity index (χ1) is 15.5. The van der Waals surface area contributed by atoms with Crippen LogP contribution in [-0.2, 0) is 9.59 Å². The van der Waals surface area contributed by atoms with E-state index in [9.17, 15) is 14.9 Å². The van der Waals surface area contributed by atoms with E-state index < -0.39 is 6.04 Å². The van der Waals surface area contributed by atoms with Crippen LogP contribution in [0, 0.1) is 17.2 Å². The molecule has 1 aromatic carbocycles. The third kappa shape index (κ3) is 2.91. The number of likely N-dealkylation sites (tertiary alicyclic amines) is 2. The number of hydrogen-bond acceptors (Lipinski definition) is 8. The van der Waals surface area contributed by atoms with Gasteiger partial charge in [0.1, 0.15) is 6.04 Å². The van der Waals surface area contributed by atoms with Crippen molar-refractivity contribution in [1.82, 2.24) is 30.4 Å². The third-order valence-corrected chi connectivity index (χ3v) is 7.25. The van der Waals surface area contributed by atoms with Crippen molar-refractivity contribution in [2.45, 2.75) is 49.5 Å². The molecule has 1 aliphatic carbocycles. The van der Waals surface area contributed by atoms with E-state index in [-0.39, 0.29) is 36.0 Å². The number of nitrogens with one attached hydrogen (secondary N) is 1. The van der Waals surface area contributed by atoms with Crippen molar-refractivity contribution in [2.75, 3.05) is 18.0 Å². The molecular formula is C21H23N9O2. The second kappa shape index (κ2) is 7.08. The fourth-order valence-corrected chi connectivity index (χ4v) is 5.69. The number of anilines is 1. The number of tetrazole rings is 1. The molecule has 0 spiro atoms. The number of piperidine rings is 1. The number of H-pyrrole nitrogens is 1. The smallest absolute Gasteiger partial charge is 0.244 e. The van der Waals surface area contributed by atoms with Crippen LogP contribution >= 0.6 is 0 Å². The summed E-state index contributed by atoms with van der Waals surface area (Å²) >= 11 is 0. The summed E-state index contributed by atoms with van der Waals surface area (Å²) in [5.74, 6) is 0.785. The zero-order valence-electron chi connectivity index (χ0n) is 17.3. The highest BCUT2D eigenvalue weighted by atomic mass is 16.2. The van der Waals surface area contributed by atoms with Gasteiger partial charge in [-0.2, -0.15) is 10.5 Å². The number of nitrogens with two attached hydrogens (primary N) is 1. The number of nitrogens with zero attached hydrogens (tertiary/aromatic N) is 7. The van der Waals surface area contributed by atoms with E-state index in [4.69, 9.17) is 5.73 Å². The van der Waals surface area contributed by atoms with Gasteiger partial charge in [0.2, 0.25) is 17.6 Å². The molecule has 6 rings (SSSR count). The minimum absolute atomic E-state index is 0.0180. The van der Waals surface area contributed by atoms with E-state index in [0.717, 1.165) is 24.1 Å². The number of carbonyl (C=O) groups is 2. The van der Waals surface area contributed by atoms with Crippen LogP contribution in [0.4, 0.5) is 5.69 Å². The molecule has 4 aliphatic rings. The lowest BCUT2D eigenvalue weighted by Gasteiger charge is -2.35. The molecule has 0 radical (unpaired) electrons. The number of carbonyl (C=O) groups excluding carboxylic acids is 2. The zero-order chi connectivity index (χ0) is 22.0. The molecule has 2 bridgehead atoms. The molecule has 1 unspecified atom stereocenters. The molecule has 3 aliphatic heterocycles. The van der Waals surface area contributed by atoms with Gasteiger partial charge < -0.3 is 15.5 Å². The Bertz CT molecular complexity index is 1110. The highest BCUT2D eigenvalue weighted by Gasteiger charge is 2.55. The molecule has 1 aromatic heterocycles. The van der Waals surface area contributed by atoms with Crippen molar-refractivity contribution in [3.05, 3.63) is 24.3 Å². The van der Waals surface area contributed by atoms with Gasteiger partial charge >= 0.3 is 0 Å². The Kier molecular flexibility index (Phi) is 4.28. The number of benzene rings is 1. The average Bonchev–Trinajstić information content (AvgIpc) is 3.25. The van der Waals surface area contributed by atoms with E-state index in [2.05, 4.69) is 26.7 Å². The van der Waals surface area contributed by atoms with Crippen molar-refractivity contribution in [3.63, 3.8) is 0 Å². The van der Waals surface area contributed by atoms with Crippen LogP contribution in [0.5, 0.6) is 0 Å². The Morgan fingerprint density at radius 2 is 2.22 bits per heavy atom. The topological polar surface area (TPSA) is 148 Å². The van der Waals surface area contributed by atoms with Gasteiger partial charge in [-0.25, -0.2) is 0 Å². The number of nitriles is 1. The van der Waals surface area contributed by atoms with E-state index in [1.807, 2.05) is 34.1 Å². The van der Waals surface area contributed by atoms with Crippen LogP contribution < -0.4 is 10.6 Å². The van der Waals surface area contributed by atoms with Gasteiger partial charge in [0.15, 0.2) is 0 Å². The summed E-state index contributed by atoms with van der Waals surface area (Å²) in [4.78, 5) is 31.7. The number of rotatable bonds is 5. The van der Waals surface area contributed by atoms with Gasteiger partial charge in [0.05, 0.1) is 24.2 Å². The molecule has 11 heteroatoms. The Labute approximate surface area is 184 Å². The molecule has 164 valence electrons. The molecule has 2 aromatic rings. The minimum Gasteiger partial charge on any atom is -0.322 e. The fraction of sp³-hybridized carbons (Fsp3) is 0.524. The van der Waals surface area contributed by atoms with Gasteiger partial charge in [0, 0.05) is 30.4 Å². The van der Waals surface area contributed by atoms with Crippen LogP contribution in [-0.4, -0.2) is 85.5 Å². The lowest BCUT2D eigenvalue weighted by atomic mass is 10.1. The van der Waals surface area contributed by atoms with Crippen LogP contribution in [0.25, 0.3) is 11.4 Å². The van der Waals surface area contributed by atoms with Crippen LogP contribution in [0.15, 0.2) is 24.3 Å². The number of aromatic amines is 1. The summed E-state index contributed by atoms with van der Waals surface area (Å²) in [6.45, 7) is 0.992. The van der Waals surface area contributed by atoms with Crippen LogP contribution in [0.1, 0.15) is 19.3 Å². The second-order valence-corrected chi connectivity index (χ2v) is 9.15.